The molecule has 1 aromatic heterocycles. The number of nitrogen functional groups attached to an aromatic ring is 1. The predicted molar refractivity (Wildman–Crippen MR) is 129 cm³/mol. The molecule has 0 aliphatic rings. The monoisotopic (exact) mass is 490 g/mol. The molecule has 4 rings (SSSR count). The van der Waals surface area contributed by atoms with Gasteiger partial charge in [-0.2, -0.15) is 0 Å². The Morgan fingerprint density at radius 2 is 1.00 bits per heavy atom. The Morgan fingerprint density at radius 3 is 1.47 bits per heavy atom. The Hall–Kier alpha value is -3.51. The molecule has 0 spiro atoms. The number of nitrogens with two attached hydrogens (primary N) is 1. The van der Waals surface area contributed by atoms with Crippen LogP contribution in [0, 0.1) is 0 Å². The average molecular weight is 491 g/mol. The van der Waals surface area contributed by atoms with Crippen molar-refractivity contribution in [2.75, 3.05) is 5.73 Å². The summed E-state index contributed by atoms with van der Waals surface area (Å²) >= 11 is 3.43. The molecule has 4 aromatic rings. The number of rotatable bonds is 9. The number of ether oxygens (including phenoxy) is 3. The molecule has 6 heteroatoms. The van der Waals surface area contributed by atoms with Crippen LogP contribution in [0.25, 0.3) is 0 Å². The van der Waals surface area contributed by atoms with Crippen LogP contribution in [0.15, 0.2) is 95.6 Å². The van der Waals surface area contributed by atoms with Crippen molar-refractivity contribution in [1.82, 2.24) is 4.98 Å². The van der Waals surface area contributed by atoms with Gasteiger partial charge in [-0.3, -0.25) is 0 Å². The molecule has 32 heavy (non-hydrogen) atoms. The van der Waals surface area contributed by atoms with Gasteiger partial charge in [0.1, 0.15) is 30.1 Å². The van der Waals surface area contributed by atoms with Gasteiger partial charge in [-0.25, -0.2) is 4.98 Å². The smallest absolute Gasteiger partial charge is 0.262 e. The summed E-state index contributed by atoms with van der Waals surface area (Å²) in [6, 6.07) is 29.6. The number of hydrogen-bond acceptors (Lipinski definition) is 5. The van der Waals surface area contributed by atoms with E-state index in [0.717, 1.165) is 16.7 Å². The first-order valence-electron chi connectivity index (χ1n) is 10.2. The van der Waals surface area contributed by atoms with E-state index in [4.69, 9.17) is 19.9 Å². The first-order valence-corrected chi connectivity index (χ1v) is 11.0. The van der Waals surface area contributed by atoms with Crippen LogP contribution in [-0.2, 0) is 19.8 Å². The van der Waals surface area contributed by atoms with Crippen LogP contribution in [0.1, 0.15) is 16.7 Å². The van der Waals surface area contributed by atoms with E-state index in [0.29, 0.717) is 47.5 Å². The summed E-state index contributed by atoms with van der Waals surface area (Å²) in [5, 5.41) is 0. The van der Waals surface area contributed by atoms with Crippen molar-refractivity contribution in [3.8, 4) is 17.4 Å². The molecule has 0 fully saturated rings. The van der Waals surface area contributed by atoms with E-state index < -0.39 is 0 Å². The highest BCUT2D eigenvalue weighted by Crippen LogP contribution is 2.44. The Bertz CT molecular complexity index is 1140. The molecule has 2 N–H and O–H groups in total. The number of nitrogens with zero attached hydrogens (tertiary/aromatic N) is 1. The Kier molecular flexibility index (Phi) is 7.25. The zero-order valence-corrected chi connectivity index (χ0v) is 19.0. The van der Waals surface area contributed by atoms with Crippen LogP contribution in [0.4, 0.5) is 5.69 Å². The SMILES string of the molecule is Nc1c(Br)nc(OCc2ccccc2)c(OCc2ccccc2)c1OCc1ccccc1. The second kappa shape index (κ2) is 10.7. The Labute approximate surface area is 195 Å². The maximum absolute atomic E-state index is 6.32. The van der Waals surface area contributed by atoms with Crippen LogP contribution in [0.3, 0.4) is 0 Å². The van der Waals surface area contributed by atoms with Crippen molar-refractivity contribution in [2.24, 2.45) is 0 Å². The van der Waals surface area contributed by atoms with Gasteiger partial charge >= 0.3 is 0 Å². The van der Waals surface area contributed by atoms with Gasteiger partial charge in [-0.1, -0.05) is 91.0 Å². The highest BCUT2D eigenvalue weighted by molar-refractivity contribution is 9.10. The number of hydrogen-bond donors (Lipinski definition) is 1. The largest absolute Gasteiger partial charge is 0.483 e. The van der Waals surface area contributed by atoms with E-state index in [1.165, 1.54) is 0 Å². The van der Waals surface area contributed by atoms with Crippen molar-refractivity contribution < 1.29 is 14.2 Å². The van der Waals surface area contributed by atoms with E-state index in [1.54, 1.807) is 0 Å². The summed E-state index contributed by atoms with van der Waals surface area (Å²) in [5.74, 6) is 1.09. The van der Waals surface area contributed by atoms with E-state index in [2.05, 4.69) is 20.9 Å². The molecule has 0 amide bonds. The number of anilines is 1. The maximum atomic E-state index is 6.32. The quantitative estimate of drug-likeness (QED) is 0.284. The fourth-order valence-corrected chi connectivity index (χ4v) is 3.41. The molecule has 0 unspecified atom stereocenters. The molecule has 0 atom stereocenters. The summed E-state index contributed by atoms with van der Waals surface area (Å²) < 4.78 is 18.7. The van der Waals surface area contributed by atoms with E-state index in [1.807, 2.05) is 91.0 Å². The van der Waals surface area contributed by atoms with E-state index in [-0.39, 0.29) is 0 Å². The van der Waals surface area contributed by atoms with Crippen LogP contribution < -0.4 is 19.9 Å². The van der Waals surface area contributed by atoms with Gasteiger partial charge in [0.2, 0.25) is 5.75 Å². The van der Waals surface area contributed by atoms with Gasteiger partial charge in [0, 0.05) is 0 Å². The average Bonchev–Trinajstić information content (AvgIpc) is 2.85. The van der Waals surface area contributed by atoms with Crippen molar-refractivity contribution in [2.45, 2.75) is 19.8 Å². The van der Waals surface area contributed by atoms with Gasteiger partial charge in [-0.15, -0.1) is 0 Å². The molecule has 5 nitrogen and oxygen atoms in total. The minimum Gasteiger partial charge on any atom is -0.483 e. The third-order valence-corrected chi connectivity index (χ3v) is 5.34. The first-order chi connectivity index (χ1) is 15.7. The molecular weight excluding hydrogens is 468 g/mol. The highest BCUT2D eigenvalue weighted by Gasteiger charge is 2.22. The fraction of sp³-hybridized carbons (Fsp3) is 0.115. The van der Waals surface area contributed by atoms with Crippen LogP contribution in [-0.4, -0.2) is 4.98 Å². The third kappa shape index (κ3) is 5.59. The van der Waals surface area contributed by atoms with E-state index in [9.17, 15) is 0 Å². The highest BCUT2D eigenvalue weighted by atomic mass is 79.9. The van der Waals surface area contributed by atoms with Gasteiger partial charge in [0.05, 0.1) is 0 Å². The molecule has 3 aromatic carbocycles. The summed E-state index contributed by atoms with van der Waals surface area (Å²) in [7, 11) is 0. The maximum Gasteiger partial charge on any atom is 0.262 e. The molecule has 0 aliphatic heterocycles. The Morgan fingerprint density at radius 1 is 0.594 bits per heavy atom. The van der Waals surface area contributed by atoms with Crippen LogP contribution in [0.2, 0.25) is 0 Å². The molecule has 0 aliphatic carbocycles. The standard InChI is InChI=1S/C26H23BrN2O3/c27-25-22(28)23(30-16-19-10-4-1-5-11-19)24(31-17-20-12-6-2-7-13-20)26(29-25)32-18-21-14-8-3-9-15-21/h1-15H,16-18,28H2. The van der Waals surface area contributed by atoms with Crippen LogP contribution >= 0.6 is 15.9 Å². The number of halogens is 1. The lowest BCUT2D eigenvalue weighted by atomic mass is 10.2. The number of aromatic nitrogens is 1. The molecule has 1 heterocycles. The summed E-state index contributed by atoms with van der Waals surface area (Å²) in [6.07, 6.45) is 0. The molecule has 0 saturated heterocycles. The predicted octanol–water partition coefficient (Wildman–Crippen LogP) is 6.16. The van der Waals surface area contributed by atoms with Crippen molar-refractivity contribution in [3.05, 3.63) is 112 Å². The lowest BCUT2D eigenvalue weighted by molar-refractivity contribution is 0.224. The van der Waals surface area contributed by atoms with E-state index >= 15 is 0 Å². The first kappa shape index (κ1) is 21.7. The number of pyridine rings is 1. The van der Waals surface area contributed by atoms with Gasteiger partial charge < -0.3 is 19.9 Å². The van der Waals surface area contributed by atoms with Gasteiger partial charge in [-0.05, 0) is 32.6 Å². The topological polar surface area (TPSA) is 66.6 Å². The second-order valence-electron chi connectivity index (χ2n) is 7.10. The minimum atomic E-state index is 0.314. The molecule has 0 saturated carbocycles. The molecule has 162 valence electrons. The molecule has 0 bridgehead atoms. The molecule has 0 radical (unpaired) electrons. The summed E-state index contributed by atoms with van der Waals surface area (Å²) in [4.78, 5) is 4.48. The lowest BCUT2D eigenvalue weighted by Gasteiger charge is -2.19. The van der Waals surface area contributed by atoms with Crippen molar-refractivity contribution >= 4 is 21.6 Å². The van der Waals surface area contributed by atoms with Gasteiger partial charge in [0.15, 0.2) is 5.75 Å². The lowest BCUT2D eigenvalue weighted by Crippen LogP contribution is -2.08. The second-order valence-corrected chi connectivity index (χ2v) is 7.85. The third-order valence-electron chi connectivity index (χ3n) is 4.74. The summed E-state index contributed by atoms with van der Waals surface area (Å²) in [5.41, 5.74) is 9.72. The zero-order chi connectivity index (χ0) is 22.2. The van der Waals surface area contributed by atoms with Crippen molar-refractivity contribution in [3.63, 3.8) is 0 Å². The van der Waals surface area contributed by atoms with Crippen molar-refractivity contribution in [1.29, 1.82) is 0 Å². The van der Waals surface area contributed by atoms with Crippen LogP contribution in [0.5, 0.6) is 17.4 Å². The molecular formula is C26H23BrN2O3. The Balaban J connectivity index is 1.64. The normalized spacial score (nSPS) is 10.5. The fourth-order valence-electron chi connectivity index (χ4n) is 3.07. The zero-order valence-electron chi connectivity index (χ0n) is 17.4. The summed E-state index contributed by atoms with van der Waals surface area (Å²) in [6.45, 7) is 0.998. The number of benzene rings is 3. The van der Waals surface area contributed by atoms with Gasteiger partial charge in [0.25, 0.3) is 5.88 Å². The minimum absolute atomic E-state index is 0.314.